The number of piperidine rings is 1. The van der Waals surface area contributed by atoms with Crippen molar-refractivity contribution in [1.82, 2.24) is 5.32 Å². The Hall–Kier alpha value is -3.89. The van der Waals surface area contributed by atoms with Crippen molar-refractivity contribution in [2.75, 3.05) is 20.2 Å². The largest absolute Gasteiger partial charge is 0.496 e. The minimum atomic E-state index is 0.0868. The van der Waals surface area contributed by atoms with Crippen molar-refractivity contribution in [1.29, 1.82) is 0 Å². The maximum atomic E-state index is 13.2. The van der Waals surface area contributed by atoms with Crippen LogP contribution in [0.2, 0.25) is 0 Å². The number of aryl methyl sites for hydroxylation is 1. The minimum absolute atomic E-state index is 0.0868. The summed E-state index contributed by atoms with van der Waals surface area (Å²) in [5.74, 6) is 1.77. The molecule has 37 heavy (non-hydrogen) atoms. The van der Waals surface area contributed by atoms with Crippen LogP contribution in [-0.4, -0.2) is 32.1 Å². The summed E-state index contributed by atoms with van der Waals surface area (Å²) in [6.45, 7) is 4.10. The van der Waals surface area contributed by atoms with Crippen LogP contribution in [0, 0.1) is 6.92 Å². The van der Waals surface area contributed by atoms with Gasteiger partial charge in [0.15, 0.2) is 5.78 Å². The molecule has 0 atom stereocenters. The third kappa shape index (κ3) is 6.10. The van der Waals surface area contributed by atoms with Crippen molar-refractivity contribution < 1.29 is 14.3 Å². The lowest BCUT2D eigenvalue weighted by atomic mass is 9.96. The standard InChI is InChI=1S/C33H33NO3/c1-23-4-3-5-27(20-23)31-22-28(12-15-33(31)36-2)32(35)21-24-6-8-25(9-7-24)26-10-13-29(14-11-26)37-30-16-18-34-19-17-30/h3-15,20,22,30,34H,16-19,21H2,1-2H3. The van der Waals surface area contributed by atoms with E-state index >= 15 is 0 Å². The average Bonchev–Trinajstić information content (AvgIpc) is 2.94. The molecular formula is C33H33NO3. The van der Waals surface area contributed by atoms with Crippen LogP contribution >= 0.6 is 0 Å². The number of hydrogen-bond donors (Lipinski definition) is 1. The fourth-order valence-corrected chi connectivity index (χ4v) is 4.85. The monoisotopic (exact) mass is 491 g/mol. The molecule has 188 valence electrons. The summed E-state index contributed by atoms with van der Waals surface area (Å²) in [7, 11) is 1.66. The van der Waals surface area contributed by atoms with Gasteiger partial charge in [-0.15, -0.1) is 0 Å². The second-order valence-electron chi connectivity index (χ2n) is 9.67. The van der Waals surface area contributed by atoms with E-state index in [1.54, 1.807) is 7.11 Å². The van der Waals surface area contributed by atoms with Crippen LogP contribution in [0.3, 0.4) is 0 Å². The highest BCUT2D eigenvalue weighted by Crippen LogP contribution is 2.32. The smallest absolute Gasteiger partial charge is 0.167 e. The van der Waals surface area contributed by atoms with Crippen molar-refractivity contribution >= 4 is 5.78 Å². The average molecular weight is 492 g/mol. The van der Waals surface area contributed by atoms with Crippen LogP contribution in [0.25, 0.3) is 22.3 Å². The molecule has 0 aromatic heterocycles. The molecule has 4 heteroatoms. The zero-order chi connectivity index (χ0) is 25.6. The molecule has 4 nitrogen and oxygen atoms in total. The number of carbonyl (C=O) groups excluding carboxylic acids is 1. The van der Waals surface area contributed by atoms with Crippen LogP contribution in [0.4, 0.5) is 0 Å². The number of benzene rings is 4. The maximum absolute atomic E-state index is 13.2. The summed E-state index contributed by atoms with van der Waals surface area (Å²) in [5, 5.41) is 3.37. The van der Waals surface area contributed by atoms with Gasteiger partial charge in [0, 0.05) is 17.5 Å². The van der Waals surface area contributed by atoms with Gasteiger partial charge in [0.05, 0.1) is 7.11 Å². The van der Waals surface area contributed by atoms with Gasteiger partial charge < -0.3 is 14.8 Å². The quantitative estimate of drug-likeness (QED) is 0.273. The van der Waals surface area contributed by atoms with Gasteiger partial charge in [-0.2, -0.15) is 0 Å². The first kappa shape index (κ1) is 24.8. The Balaban J connectivity index is 1.26. The maximum Gasteiger partial charge on any atom is 0.167 e. The Bertz CT molecular complexity index is 1350. The number of hydrogen-bond acceptors (Lipinski definition) is 4. The van der Waals surface area contributed by atoms with Gasteiger partial charge in [-0.05, 0) is 85.4 Å². The van der Waals surface area contributed by atoms with Crippen LogP contribution in [0.1, 0.15) is 34.3 Å². The van der Waals surface area contributed by atoms with Crippen LogP contribution in [-0.2, 0) is 6.42 Å². The predicted octanol–water partition coefficient (Wildman–Crippen LogP) is 6.89. The van der Waals surface area contributed by atoms with E-state index in [9.17, 15) is 4.79 Å². The lowest BCUT2D eigenvalue weighted by molar-refractivity contribution is 0.0993. The molecule has 1 aliphatic rings. The number of nitrogens with one attached hydrogen (secondary N) is 1. The highest BCUT2D eigenvalue weighted by Gasteiger charge is 2.15. The molecule has 5 rings (SSSR count). The fraction of sp³-hybridized carbons (Fsp3) is 0.242. The minimum Gasteiger partial charge on any atom is -0.496 e. The summed E-state index contributed by atoms with van der Waals surface area (Å²) >= 11 is 0. The highest BCUT2D eigenvalue weighted by atomic mass is 16.5. The van der Waals surface area contributed by atoms with Gasteiger partial charge in [0.2, 0.25) is 0 Å². The fourth-order valence-electron chi connectivity index (χ4n) is 4.85. The van der Waals surface area contributed by atoms with Crippen molar-refractivity contribution in [3.8, 4) is 33.8 Å². The molecule has 1 N–H and O–H groups in total. The molecule has 0 amide bonds. The first-order valence-electron chi connectivity index (χ1n) is 12.9. The Morgan fingerprint density at radius 1 is 0.838 bits per heavy atom. The zero-order valence-electron chi connectivity index (χ0n) is 21.5. The van der Waals surface area contributed by atoms with Crippen molar-refractivity contribution in [2.24, 2.45) is 0 Å². The Kier molecular flexibility index (Phi) is 7.67. The summed E-state index contributed by atoms with van der Waals surface area (Å²) in [5.41, 5.74) is 7.07. The van der Waals surface area contributed by atoms with E-state index in [1.807, 2.05) is 54.6 Å². The van der Waals surface area contributed by atoms with Crippen LogP contribution in [0.5, 0.6) is 11.5 Å². The lowest BCUT2D eigenvalue weighted by Crippen LogP contribution is -2.34. The molecule has 1 fully saturated rings. The topological polar surface area (TPSA) is 47.6 Å². The molecule has 1 aliphatic heterocycles. The van der Waals surface area contributed by atoms with Gasteiger partial charge in [-0.1, -0.05) is 66.2 Å². The number of rotatable bonds is 8. The summed E-state index contributed by atoms with van der Waals surface area (Å²) < 4.78 is 11.7. The second-order valence-corrected chi connectivity index (χ2v) is 9.67. The van der Waals surface area contributed by atoms with E-state index in [0.29, 0.717) is 18.1 Å². The molecule has 0 saturated carbocycles. The molecule has 0 unspecified atom stereocenters. The highest BCUT2D eigenvalue weighted by molar-refractivity contribution is 5.99. The molecule has 1 heterocycles. The lowest BCUT2D eigenvalue weighted by Gasteiger charge is -2.23. The Morgan fingerprint density at radius 3 is 2.22 bits per heavy atom. The SMILES string of the molecule is COc1ccc(C(=O)Cc2ccc(-c3ccc(OC4CCNCC4)cc3)cc2)cc1-c1cccc(C)c1. The second kappa shape index (κ2) is 11.4. The predicted molar refractivity (Wildman–Crippen MR) is 150 cm³/mol. The Labute approximate surface area is 219 Å². The number of methoxy groups -OCH3 is 1. The van der Waals surface area contributed by atoms with E-state index < -0.39 is 0 Å². The first-order valence-corrected chi connectivity index (χ1v) is 12.9. The van der Waals surface area contributed by atoms with Gasteiger partial charge in [0.25, 0.3) is 0 Å². The third-order valence-corrected chi connectivity index (χ3v) is 6.95. The normalized spacial score (nSPS) is 13.8. The number of ketones is 1. The number of carbonyl (C=O) groups is 1. The molecule has 1 saturated heterocycles. The molecule has 4 aromatic carbocycles. The first-order chi connectivity index (χ1) is 18.1. The molecule has 0 radical (unpaired) electrons. The van der Waals surface area contributed by atoms with E-state index in [0.717, 1.165) is 65.2 Å². The zero-order valence-corrected chi connectivity index (χ0v) is 21.5. The van der Waals surface area contributed by atoms with Gasteiger partial charge >= 0.3 is 0 Å². The number of ether oxygens (including phenoxy) is 2. The van der Waals surface area contributed by atoms with Crippen molar-refractivity contribution in [2.45, 2.75) is 32.3 Å². The van der Waals surface area contributed by atoms with Gasteiger partial charge in [-0.25, -0.2) is 0 Å². The van der Waals surface area contributed by atoms with Gasteiger partial charge in [0.1, 0.15) is 17.6 Å². The molecular weight excluding hydrogens is 458 g/mol. The van der Waals surface area contributed by atoms with E-state index in [1.165, 1.54) is 5.56 Å². The summed E-state index contributed by atoms with van der Waals surface area (Å²) in [6.07, 6.45) is 2.74. The Morgan fingerprint density at radius 2 is 1.54 bits per heavy atom. The van der Waals surface area contributed by atoms with E-state index in [-0.39, 0.29) is 5.78 Å². The molecule has 0 aliphatic carbocycles. The molecule has 4 aromatic rings. The number of Topliss-reactive ketones (excluding diaryl/α,β-unsaturated/α-hetero) is 1. The molecule has 0 bridgehead atoms. The van der Waals surface area contributed by atoms with E-state index in [2.05, 4.69) is 48.6 Å². The van der Waals surface area contributed by atoms with Crippen LogP contribution < -0.4 is 14.8 Å². The van der Waals surface area contributed by atoms with E-state index in [4.69, 9.17) is 9.47 Å². The van der Waals surface area contributed by atoms with Gasteiger partial charge in [-0.3, -0.25) is 4.79 Å². The van der Waals surface area contributed by atoms with Crippen LogP contribution in [0.15, 0.2) is 91.0 Å². The molecule has 0 spiro atoms. The summed E-state index contributed by atoms with van der Waals surface area (Å²) in [6, 6.07) is 30.4. The summed E-state index contributed by atoms with van der Waals surface area (Å²) in [4.78, 5) is 13.2. The van der Waals surface area contributed by atoms with Crippen molar-refractivity contribution in [3.05, 3.63) is 108 Å². The third-order valence-electron chi connectivity index (χ3n) is 6.95. The van der Waals surface area contributed by atoms with Crippen molar-refractivity contribution in [3.63, 3.8) is 0 Å².